The number of rotatable bonds is 5. The summed E-state index contributed by atoms with van der Waals surface area (Å²) in [5.41, 5.74) is 1.42. The molecule has 19 heavy (non-hydrogen) atoms. The van der Waals surface area contributed by atoms with Crippen LogP contribution in [0.2, 0.25) is 0 Å². The SMILES string of the molecule is CNc1ncnc(N(C)CC2(N(C)C)CCC2)c1C. The maximum atomic E-state index is 4.44. The molecule has 1 aliphatic carbocycles. The molecule has 0 aliphatic heterocycles. The first-order valence-electron chi connectivity index (χ1n) is 6.88. The highest BCUT2D eigenvalue weighted by Gasteiger charge is 2.40. The number of aromatic nitrogens is 2. The highest BCUT2D eigenvalue weighted by atomic mass is 15.3. The summed E-state index contributed by atoms with van der Waals surface area (Å²) >= 11 is 0. The molecular formula is C14H25N5. The van der Waals surface area contributed by atoms with E-state index in [0.717, 1.165) is 23.7 Å². The number of likely N-dealkylation sites (N-methyl/N-ethyl adjacent to an activating group) is 2. The first kappa shape index (κ1) is 14.1. The van der Waals surface area contributed by atoms with Crippen LogP contribution in [-0.4, -0.2) is 55.1 Å². The minimum absolute atomic E-state index is 0.311. The third-order valence-electron chi connectivity index (χ3n) is 4.42. The zero-order valence-electron chi connectivity index (χ0n) is 12.7. The van der Waals surface area contributed by atoms with E-state index in [2.05, 4.69) is 53.2 Å². The van der Waals surface area contributed by atoms with Crippen LogP contribution in [0, 0.1) is 6.92 Å². The Hall–Kier alpha value is -1.36. The highest BCUT2D eigenvalue weighted by molar-refractivity contribution is 5.57. The molecule has 0 radical (unpaired) electrons. The van der Waals surface area contributed by atoms with E-state index in [-0.39, 0.29) is 0 Å². The molecule has 1 aliphatic rings. The van der Waals surface area contributed by atoms with Crippen LogP contribution in [0.5, 0.6) is 0 Å². The van der Waals surface area contributed by atoms with Crippen LogP contribution >= 0.6 is 0 Å². The molecule has 1 fully saturated rings. The third kappa shape index (κ3) is 2.52. The van der Waals surface area contributed by atoms with Crippen LogP contribution in [0.1, 0.15) is 24.8 Å². The molecule has 5 nitrogen and oxygen atoms in total. The van der Waals surface area contributed by atoms with Crippen LogP contribution in [0.3, 0.4) is 0 Å². The van der Waals surface area contributed by atoms with Gasteiger partial charge in [-0.15, -0.1) is 0 Å². The Morgan fingerprint density at radius 1 is 1.26 bits per heavy atom. The van der Waals surface area contributed by atoms with E-state index in [1.165, 1.54) is 19.3 Å². The van der Waals surface area contributed by atoms with E-state index in [1.54, 1.807) is 6.33 Å². The molecule has 2 rings (SSSR count). The van der Waals surface area contributed by atoms with Crippen LogP contribution in [0.4, 0.5) is 11.6 Å². The zero-order valence-corrected chi connectivity index (χ0v) is 12.7. The summed E-state index contributed by atoms with van der Waals surface area (Å²) in [6, 6.07) is 0. The van der Waals surface area contributed by atoms with Crippen molar-refractivity contribution in [1.29, 1.82) is 0 Å². The predicted octanol–water partition coefficient (Wildman–Crippen LogP) is 1.75. The van der Waals surface area contributed by atoms with E-state index in [1.807, 2.05) is 7.05 Å². The summed E-state index contributed by atoms with van der Waals surface area (Å²) in [5.74, 6) is 1.93. The van der Waals surface area contributed by atoms with Crippen molar-refractivity contribution in [2.75, 3.05) is 45.0 Å². The normalized spacial score (nSPS) is 17.2. The van der Waals surface area contributed by atoms with Gasteiger partial charge in [0, 0.05) is 31.7 Å². The molecule has 0 amide bonds. The molecule has 1 heterocycles. The topological polar surface area (TPSA) is 44.3 Å². The Morgan fingerprint density at radius 3 is 2.42 bits per heavy atom. The van der Waals surface area contributed by atoms with Crippen molar-refractivity contribution in [3.05, 3.63) is 11.9 Å². The molecule has 1 N–H and O–H groups in total. The Balaban J connectivity index is 2.18. The Labute approximate surface area is 116 Å². The second kappa shape index (κ2) is 5.33. The molecule has 0 saturated heterocycles. The Kier molecular flexibility index (Phi) is 3.94. The van der Waals surface area contributed by atoms with Crippen molar-refractivity contribution in [2.45, 2.75) is 31.7 Å². The van der Waals surface area contributed by atoms with Gasteiger partial charge in [0.05, 0.1) is 0 Å². The van der Waals surface area contributed by atoms with Crippen molar-refractivity contribution in [2.24, 2.45) is 0 Å². The maximum absolute atomic E-state index is 4.44. The molecule has 0 spiro atoms. The van der Waals surface area contributed by atoms with Gasteiger partial charge in [-0.25, -0.2) is 9.97 Å². The maximum Gasteiger partial charge on any atom is 0.136 e. The minimum atomic E-state index is 0.311. The van der Waals surface area contributed by atoms with Gasteiger partial charge >= 0.3 is 0 Å². The summed E-state index contributed by atoms with van der Waals surface area (Å²) < 4.78 is 0. The summed E-state index contributed by atoms with van der Waals surface area (Å²) in [7, 11) is 8.38. The van der Waals surface area contributed by atoms with Crippen molar-refractivity contribution < 1.29 is 0 Å². The van der Waals surface area contributed by atoms with E-state index in [9.17, 15) is 0 Å². The zero-order chi connectivity index (χ0) is 14.0. The number of nitrogens with one attached hydrogen (secondary N) is 1. The number of hydrogen-bond donors (Lipinski definition) is 1. The van der Waals surface area contributed by atoms with Crippen LogP contribution in [0.25, 0.3) is 0 Å². The lowest BCUT2D eigenvalue weighted by atomic mass is 9.75. The van der Waals surface area contributed by atoms with Gasteiger partial charge in [-0.05, 0) is 40.3 Å². The van der Waals surface area contributed by atoms with Crippen LogP contribution in [-0.2, 0) is 0 Å². The van der Waals surface area contributed by atoms with Gasteiger partial charge in [0.25, 0.3) is 0 Å². The van der Waals surface area contributed by atoms with Crippen molar-refractivity contribution in [3.8, 4) is 0 Å². The third-order valence-corrected chi connectivity index (χ3v) is 4.42. The lowest BCUT2D eigenvalue weighted by Crippen LogP contribution is -2.57. The van der Waals surface area contributed by atoms with Gasteiger partial charge in [0.1, 0.15) is 18.0 Å². The van der Waals surface area contributed by atoms with Crippen LogP contribution in [0.15, 0.2) is 6.33 Å². The highest BCUT2D eigenvalue weighted by Crippen LogP contribution is 2.37. The van der Waals surface area contributed by atoms with Gasteiger partial charge in [-0.3, -0.25) is 0 Å². The first-order valence-corrected chi connectivity index (χ1v) is 6.88. The van der Waals surface area contributed by atoms with Crippen molar-refractivity contribution in [1.82, 2.24) is 14.9 Å². The summed E-state index contributed by atoms with van der Waals surface area (Å²) in [6.07, 6.45) is 5.50. The first-order chi connectivity index (χ1) is 9.00. The summed E-state index contributed by atoms with van der Waals surface area (Å²) in [4.78, 5) is 13.3. The molecule has 1 aromatic heterocycles. The van der Waals surface area contributed by atoms with Crippen molar-refractivity contribution in [3.63, 3.8) is 0 Å². The van der Waals surface area contributed by atoms with Gasteiger partial charge in [0.15, 0.2) is 0 Å². The van der Waals surface area contributed by atoms with Gasteiger partial charge in [-0.2, -0.15) is 0 Å². The minimum Gasteiger partial charge on any atom is -0.373 e. The molecule has 0 unspecified atom stereocenters. The smallest absolute Gasteiger partial charge is 0.136 e. The molecule has 106 valence electrons. The molecule has 0 bridgehead atoms. The quantitative estimate of drug-likeness (QED) is 0.877. The molecule has 0 aromatic carbocycles. The summed E-state index contributed by atoms with van der Waals surface area (Å²) in [5, 5.41) is 3.12. The fourth-order valence-corrected chi connectivity index (χ4v) is 2.93. The monoisotopic (exact) mass is 263 g/mol. The van der Waals surface area contributed by atoms with Crippen molar-refractivity contribution >= 4 is 11.6 Å². The van der Waals surface area contributed by atoms with Gasteiger partial charge in [-0.1, -0.05) is 0 Å². The molecule has 0 atom stereocenters. The number of anilines is 2. The van der Waals surface area contributed by atoms with E-state index in [0.29, 0.717) is 5.54 Å². The van der Waals surface area contributed by atoms with E-state index < -0.39 is 0 Å². The van der Waals surface area contributed by atoms with E-state index >= 15 is 0 Å². The molecule has 5 heteroatoms. The number of nitrogens with zero attached hydrogens (tertiary/aromatic N) is 4. The molecular weight excluding hydrogens is 238 g/mol. The predicted molar refractivity (Wildman–Crippen MR) is 79.9 cm³/mol. The van der Waals surface area contributed by atoms with Gasteiger partial charge < -0.3 is 15.1 Å². The standard InChI is InChI=1S/C14H25N5/c1-11-12(15-2)16-10-17-13(11)19(5)9-14(18(3)4)7-6-8-14/h10H,6-9H2,1-5H3,(H,15,16,17). The fraction of sp³-hybridized carbons (Fsp3) is 0.714. The van der Waals surface area contributed by atoms with Crippen LogP contribution < -0.4 is 10.2 Å². The molecule has 1 saturated carbocycles. The lowest BCUT2D eigenvalue weighted by Gasteiger charge is -2.49. The second-order valence-electron chi connectivity index (χ2n) is 5.75. The summed E-state index contributed by atoms with van der Waals surface area (Å²) in [6.45, 7) is 3.09. The van der Waals surface area contributed by atoms with E-state index in [4.69, 9.17) is 0 Å². The average Bonchev–Trinajstić information content (AvgIpc) is 2.33. The lowest BCUT2D eigenvalue weighted by molar-refractivity contribution is 0.0681. The Bertz CT molecular complexity index is 439. The second-order valence-corrected chi connectivity index (χ2v) is 5.75. The molecule has 1 aromatic rings. The number of hydrogen-bond acceptors (Lipinski definition) is 5. The largest absolute Gasteiger partial charge is 0.373 e. The Morgan fingerprint density at radius 2 is 1.95 bits per heavy atom. The average molecular weight is 263 g/mol. The van der Waals surface area contributed by atoms with Gasteiger partial charge in [0.2, 0.25) is 0 Å². The fourth-order valence-electron chi connectivity index (χ4n) is 2.93.